The third kappa shape index (κ3) is 5.63. The van der Waals surface area contributed by atoms with Gasteiger partial charge in [-0.05, 0) is 0 Å². The Morgan fingerprint density at radius 2 is 1.25 bits per heavy atom. The Morgan fingerprint density at radius 1 is 0.917 bits per heavy atom. The van der Waals surface area contributed by atoms with Crippen LogP contribution in [-0.4, -0.2) is 26.2 Å². The number of hydrogen-bond donors (Lipinski definition) is 0. The van der Waals surface area contributed by atoms with Gasteiger partial charge in [0, 0.05) is 0 Å². The maximum Gasteiger partial charge on any atom is 0.342 e. The van der Waals surface area contributed by atoms with Crippen LogP contribution in [0, 0.1) is 0 Å². The van der Waals surface area contributed by atoms with Crippen molar-refractivity contribution in [3.05, 3.63) is 0 Å². The highest BCUT2D eigenvalue weighted by atomic mass is 17.2. The third-order valence-corrected chi connectivity index (χ3v) is 0.886. The van der Waals surface area contributed by atoms with Gasteiger partial charge in [0.2, 0.25) is 0 Å². The van der Waals surface area contributed by atoms with Crippen molar-refractivity contribution in [2.75, 3.05) is 14.2 Å². The van der Waals surface area contributed by atoms with E-state index < -0.39 is 11.9 Å². The van der Waals surface area contributed by atoms with Crippen LogP contribution >= 0.6 is 0 Å². The first-order valence-electron chi connectivity index (χ1n) is 3.17. The number of rotatable bonds is 5. The van der Waals surface area contributed by atoms with Crippen molar-refractivity contribution >= 4 is 11.9 Å². The van der Waals surface area contributed by atoms with Gasteiger partial charge in [-0.25, -0.2) is 9.59 Å². The smallest absolute Gasteiger partial charge is 0.299 e. The minimum absolute atomic E-state index is 0.101. The molecule has 0 fully saturated rings. The second kappa shape index (κ2) is 6.56. The summed E-state index contributed by atoms with van der Waals surface area (Å²) in [5, 5.41) is 0. The highest BCUT2D eigenvalue weighted by Crippen LogP contribution is 1.95. The van der Waals surface area contributed by atoms with Gasteiger partial charge in [0.25, 0.3) is 0 Å². The molecule has 0 bridgehead atoms. The molecule has 6 heteroatoms. The first-order chi connectivity index (χ1) is 5.70. The van der Waals surface area contributed by atoms with Crippen LogP contribution in [0.25, 0.3) is 0 Å². The lowest BCUT2D eigenvalue weighted by Crippen LogP contribution is -2.09. The van der Waals surface area contributed by atoms with E-state index >= 15 is 0 Å². The zero-order valence-electron chi connectivity index (χ0n) is 6.86. The molecule has 0 aliphatic rings. The molecule has 6 nitrogen and oxygen atoms in total. The molecule has 0 amide bonds. The summed E-state index contributed by atoms with van der Waals surface area (Å²) in [6, 6.07) is 0. The molecule has 0 saturated heterocycles. The van der Waals surface area contributed by atoms with Gasteiger partial charge in [-0.15, -0.1) is 0 Å². The highest BCUT2D eigenvalue weighted by Gasteiger charge is 2.09. The lowest BCUT2D eigenvalue weighted by Gasteiger charge is -1.98. The van der Waals surface area contributed by atoms with Crippen LogP contribution in [0.5, 0.6) is 0 Å². The normalized spacial score (nSPS) is 9.17. The Balaban J connectivity index is 3.40. The monoisotopic (exact) mass is 178 g/mol. The van der Waals surface area contributed by atoms with Crippen molar-refractivity contribution in [1.29, 1.82) is 0 Å². The van der Waals surface area contributed by atoms with Gasteiger partial charge in [-0.2, -0.15) is 9.78 Å². The molecule has 0 saturated carbocycles. The third-order valence-electron chi connectivity index (χ3n) is 0.886. The molecular formula is C6H10O6. The summed E-state index contributed by atoms with van der Waals surface area (Å²) in [6.45, 7) is 0. The van der Waals surface area contributed by atoms with Crippen LogP contribution in [0.2, 0.25) is 0 Å². The molecule has 0 radical (unpaired) electrons. The Labute approximate surface area is 69.2 Å². The Hall–Kier alpha value is -1.14. The SMILES string of the molecule is COOC(=O)CCC(=O)OOC. The zero-order valence-corrected chi connectivity index (χ0v) is 6.86. The van der Waals surface area contributed by atoms with E-state index in [2.05, 4.69) is 19.6 Å². The minimum atomic E-state index is -0.634. The summed E-state index contributed by atoms with van der Waals surface area (Å²) in [5.74, 6) is -1.27. The number of carbonyl (C=O) groups excluding carboxylic acids is 2. The molecule has 0 aromatic heterocycles. The fourth-order valence-electron chi connectivity index (χ4n) is 0.473. The maximum atomic E-state index is 10.6. The minimum Gasteiger partial charge on any atom is -0.299 e. The first-order valence-corrected chi connectivity index (χ1v) is 3.17. The van der Waals surface area contributed by atoms with E-state index in [0.717, 1.165) is 0 Å². The summed E-state index contributed by atoms with van der Waals surface area (Å²) in [6.07, 6.45) is -0.202. The van der Waals surface area contributed by atoms with Crippen LogP contribution in [0.4, 0.5) is 0 Å². The van der Waals surface area contributed by atoms with E-state index in [9.17, 15) is 9.59 Å². The fourth-order valence-corrected chi connectivity index (χ4v) is 0.473. The molecule has 0 N–H and O–H groups in total. The summed E-state index contributed by atoms with van der Waals surface area (Å²) in [5.41, 5.74) is 0. The Morgan fingerprint density at radius 3 is 1.50 bits per heavy atom. The average Bonchev–Trinajstić information content (AvgIpc) is 2.02. The van der Waals surface area contributed by atoms with Crippen molar-refractivity contribution in [2.45, 2.75) is 12.8 Å². The summed E-state index contributed by atoms with van der Waals surface area (Å²) >= 11 is 0. The van der Waals surface area contributed by atoms with E-state index in [1.54, 1.807) is 0 Å². The standard InChI is InChI=1S/C6H10O6/c1-9-11-5(7)3-4-6(8)12-10-2/h3-4H2,1-2H3. The summed E-state index contributed by atoms with van der Waals surface area (Å²) < 4.78 is 0. The number of hydrogen-bond acceptors (Lipinski definition) is 6. The molecule has 0 spiro atoms. The van der Waals surface area contributed by atoms with Gasteiger partial charge < -0.3 is 0 Å². The van der Waals surface area contributed by atoms with Gasteiger partial charge in [0.15, 0.2) is 0 Å². The van der Waals surface area contributed by atoms with Crippen molar-refractivity contribution in [3.8, 4) is 0 Å². The largest absolute Gasteiger partial charge is 0.342 e. The second-order valence-electron chi connectivity index (χ2n) is 1.74. The Bertz CT molecular complexity index is 136. The lowest BCUT2D eigenvalue weighted by molar-refractivity contribution is -0.260. The predicted molar refractivity (Wildman–Crippen MR) is 35.4 cm³/mol. The van der Waals surface area contributed by atoms with Gasteiger partial charge in [0.1, 0.15) is 0 Å². The maximum absolute atomic E-state index is 10.6. The van der Waals surface area contributed by atoms with Crippen LogP contribution < -0.4 is 0 Å². The van der Waals surface area contributed by atoms with Gasteiger partial charge in [-0.3, -0.25) is 9.78 Å². The lowest BCUT2D eigenvalue weighted by atomic mass is 10.3. The highest BCUT2D eigenvalue weighted by molar-refractivity contribution is 5.76. The van der Waals surface area contributed by atoms with E-state index in [4.69, 9.17) is 0 Å². The van der Waals surface area contributed by atoms with E-state index in [1.165, 1.54) is 14.2 Å². The molecule has 0 atom stereocenters. The van der Waals surface area contributed by atoms with E-state index in [1.807, 2.05) is 0 Å². The molecule has 0 unspecified atom stereocenters. The Kier molecular flexibility index (Phi) is 5.94. The quantitative estimate of drug-likeness (QED) is 0.435. The predicted octanol–water partition coefficient (Wildman–Crippen LogP) is -0.0242. The molecule has 12 heavy (non-hydrogen) atoms. The molecule has 0 aromatic rings. The molecular weight excluding hydrogens is 168 g/mol. The molecule has 0 heterocycles. The van der Waals surface area contributed by atoms with Crippen LogP contribution in [0.15, 0.2) is 0 Å². The molecule has 0 rings (SSSR count). The van der Waals surface area contributed by atoms with Crippen molar-refractivity contribution in [2.24, 2.45) is 0 Å². The van der Waals surface area contributed by atoms with Crippen molar-refractivity contribution < 1.29 is 29.1 Å². The topological polar surface area (TPSA) is 71.1 Å². The van der Waals surface area contributed by atoms with Crippen LogP contribution in [-0.2, 0) is 29.1 Å². The van der Waals surface area contributed by atoms with Crippen molar-refractivity contribution in [3.63, 3.8) is 0 Å². The molecule has 0 aliphatic carbocycles. The first kappa shape index (κ1) is 10.9. The van der Waals surface area contributed by atoms with E-state index in [-0.39, 0.29) is 12.8 Å². The second-order valence-corrected chi connectivity index (χ2v) is 1.74. The molecule has 0 aromatic carbocycles. The zero-order chi connectivity index (χ0) is 9.40. The summed E-state index contributed by atoms with van der Waals surface area (Å²) in [7, 11) is 2.40. The fraction of sp³-hybridized carbons (Fsp3) is 0.667. The van der Waals surface area contributed by atoms with Crippen LogP contribution in [0.3, 0.4) is 0 Å². The van der Waals surface area contributed by atoms with Crippen molar-refractivity contribution in [1.82, 2.24) is 0 Å². The number of carbonyl (C=O) groups is 2. The van der Waals surface area contributed by atoms with Gasteiger partial charge >= 0.3 is 11.9 Å². The average molecular weight is 178 g/mol. The van der Waals surface area contributed by atoms with Gasteiger partial charge in [-0.1, -0.05) is 0 Å². The molecule has 0 aliphatic heterocycles. The summed E-state index contributed by atoms with van der Waals surface area (Å²) in [4.78, 5) is 37.4. The van der Waals surface area contributed by atoms with Gasteiger partial charge in [0.05, 0.1) is 27.1 Å². The van der Waals surface area contributed by atoms with E-state index in [0.29, 0.717) is 0 Å². The molecule has 70 valence electrons. The van der Waals surface area contributed by atoms with Crippen LogP contribution in [0.1, 0.15) is 12.8 Å².